The minimum Gasteiger partial charge on any atom is -0.343 e. The van der Waals surface area contributed by atoms with Crippen LogP contribution in [0.4, 0.5) is 4.39 Å². The van der Waals surface area contributed by atoms with Gasteiger partial charge in [-0.2, -0.15) is 10.5 Å². The maximum absolute atomic E-state index is 13.4. The van der Waals surface area contributed by atoms with Gasteiger partial charge in [-0.25, -0.2) is 4.39 Å². The molecule has 1 aliphatic heterocycles. The Balaban J connectivity index is 1.73. The van der Waals surface area contributed by atoms with Crippen LogP contribution in [0.2, 0.25) is 0 Å². The van der Waals surface area contributed by atoms with Crippen LogP contribution in [0.1, 0.15) is 22.3 Å². The first-order valence-corrected chi connectivity index (χ1v) is 7.93. The van der Waals surface area contributed by atoms with Crippen molar-refractivity contribution in [3.63, 3.8) is 0 Å². The molecule has 0 bridgehead atoms. The van der Waals surface area contributed by atoms with E-state index in [-0.39, 0.29) is 19.5 Å². The standard InChI is InChI=1S/C18H14FN5O2/c19-12-6-13(8-21)24(10-12)17(25)9-23-18(26)15-3-4-22-16-5-11(7-20)1-2-14(15)16/h1-5,12-13H,6,9-10H2,(H,23,26)/t12?,13-/m0/s1. The van der Waals surface area contributed by atoms with Gasteiger partial charge >= 0.3 is 0 Å². The van der Waals surface area contributed by atoms with Crippen molar-refractivity contribution in [3.05, 3.63) is 41.6 Å². The van der Waals surface area contributed by atoms with Crippen LogP contribution < -0.4 is 5.32 Å². The van der Waals surface area contributed by atoms with Crippen LogP contribution in [-0.4, -0.2) is 47.0 Å². The maximum Gasteiger partial charge on any atom is 0.252 e. The topological polar surface area (TPSA) is 110 Å². The van der Waals surface area contributed by atoms with Gasteiger partial charge in [-0.3, -0.25) is 14.6 Å². The average Bonchev–Trinajstić information content (AvgIpc) is 3.05. The molecule has 0 aliphatic carbocycles. The van der Waals surface area contributed by atoms with Crippen molar-refractivity contribution < 1.29 is 14.0 Å². The van der Waals surface area contributed by atoms with Crippen LogP contribution in [0.5, 0.6) is 0 Å². The average molecular weight is 351 g/mol. The van der Waals surface area contributed by atoms with Gasteiger partial charge in [0.2, 0.25) is 5.91 Å². The van der Waals surface area contributed by atoms with Gasteiger partial charge in [-0.1, -0.05) is 6.07 Å². The second-order valence-corrected chi connectivity index (χ2v) is 5.91. The Morgan fingerprint density at radius 1 is 1.35 bits per heavy atom. The van der Waals surface area contributed by atoms with Crippen molar-refractivity contribution in [2.24, 2.45) is 0 Å². The zero-order valence-corrected chi connectivity index (χ0v) is 13.6. The zero-order chi connectivity index (χ0) is 18.7. The van der Waals surface area contributed by atoms with Gasteiger partial charge in [0.1, 0.15) is 12.2 Å². The van der Waals surface area contributed by atoms with Gasteiger partial charge in [0.25, 0.3) is 5.91 Å². The van der Waals surface area contributed by atoms with Gasteiger partial charge in [-0.05, 0) is 18.2 Å². The van der Waals surface area contributed by atoms with E-state index in [9.17, 15) is 14.0 Å². The second kappa shape index (κ2) is 7.16. The third kappa shape index (κ3) is 3.31. The van der Waals surface area contributed by atoms with Crippen molar-refractivity contribution in [1.82, 2.24) is 15.2 Å². The third-order valence-corrected chi connectivity index (χ3v) is 4.24. The fourth-order valence-electron chi connectivity index (χ4n) is 2.95. The summed E-state index contributed by atoms with van der Waals surface area (Å²) in [5.41, 5.74) is 1.23. The minimum atomic E-state index is -1.22. The number of fused-ring (bicyclic) bond motifs is 1. The van der Waals surface area contributed by atoms with E-state index in [0.29, 0.717) is 22.0 Å². The van der Waals surface area contributed by atoms with Gasteiger partial charge < -0.3 is 10.2 Å². The van der Waals surface area contributed by atoms with E-state index >= 15 is 0 Å². The number of nitriles is 2. The summed E-state index contributed by atoms with van der Waals surface area (Å²) >= 11 is 0. The van der Waals surface area contributed by atoms with Crippen molar-refractivity contribution in [2.75, 3.05) is 13.1 Å². The summed E-state index contributed by atoms with van der Waals surface area (Å²) in [5, 5.41) is 21.0. The van der Waals surface area contributed by atoms with E-state index in [0.717, 1.165) is 4.90 Å². The van der Waals surface area contributed by atoms with E-state index < -0.39 is 24.0 Å². The molecule has 8 heteroatoms. The number of aromatic nitrogens is 1. The number of amides is 2. The van der Waals surface area contributed by atoms with Crippen molar-refractivity contribution in [3.8, 4) is 12.1 Å². The highest BCUT2D eigenvalue weighted by Gasteiger charge is 2.35. The fraction of sp³-hybridized carbons (Fsp3) is 0.278. The first-order valence-electron chi connectivity index (χ1n) is 7.93. The lowest BCUT2D eigenvalue weighted by atomic mass is 10.1. The molecule has 0 radical (unpaired) electrons. The number of carbonyl (C=O) groups is 2. The number of pyridine rings is 1. The number of nitrogens with one attached hydrogen (secondary N) is 1. The van der Waals surface area contributed by atoms with Gasteiger partial charge in [0.05, 0.1) is 41.9 Å². The molecule has 2 aromatic rings. The predicted molar refractivity (Wildman–Crippen MR) is 89.4 cm³/mol. The van der Waals surface area contributed by atoms with E-state index in [4.69, 9.17) is 10.5 Å². The Hall–Kier alpha value is -3.52. The number of likely N-dealkylation sites (tertiary alicyclic amines) is 1. The number of benzene rings is 1. The fourth-order valence-corrected chi connectivity index (χ4v) is 2.95. The quantitative estimate of drug-likeness (QED) is 0.896. The molecule has 2 heterocycles. The summed E-state index contributed by atoms with van der Waals surface area (Å²) in [4.78, 5) is 29.9. The summed E-state index contributed by atoms with van der Waals surface area (Å²) in [5.74, 6) is -0.991. The minimum absolute atomic E-state index is 0.00754. The molecule has 1 N–H and O–H groups in total. The predicted octanol–water partition coefficient (Wildman–Crippen LogP) is 1.30. The van der Waals surface area contributed by atoms with E-state index in [1.54, 1.807) is 18.2 Å². The molecule has 3 rings (SSSR count). The van der Waals surface area contributed by atoms with Gasteiger partial charge in [0, 0.05) is 18.0 Å². The van der Waals surface area contributed by atoms with Crippen molar-refractivity contribution in [2.45, 2.75) is 18.6 Å². The van der Waals surface area contributed by atoms with Crippen LogP contribution in [0.15, 0.2) is 30.5 Å². The highest BCUT2D eigenvalue weighted by Crippen LogP contribution is 2.20. The summed E-state index contributed by atoms with van der Waals surface area (Å²) in [6.45, 7) is -0.466. The molecule has 2 amide bonds. The number of hydrogen-bond donors (Lipinski definition) is 1. The molecule has 1 saturated heterocycles. The maximum atomic E-state index is 13.4. The van der Waals surface area contributed by atoms with Gasteiger partial charge in [-0.15, -0.1) is 0 Å². The number of carbonyl (C=O) groups excluding carboxylic acids is 2. The Morgan fingerprint density at radius 2 is 2.15 bits per heavy atom. The summed E-state index contributed by atoms with van der Waals surface area (Å²) < 4.78 is 13.4. The number of nitrogens with zero attached hydrogens (tertiary/aromatic N) is 4. The first kappa shape index (κ1) is 17.3. The molecule has 130 valence electrons. The first-order chi connectivity index (χ1) is 12.5. The molecule has 1 unspecified atom stereocenters. The largest absolute Gasteiger partial charge is 0.343 e. The van der Waals surface area contributed by atoms with E-state index in [1.807, 2.05) is 12.1 Å². The van der Waals surface area contributed by atoms with Crippen molar-refractivity contribution in [1.29, 1.82) is 10.5 Å². The molecule has 0 saturated carbocycles. The summed E-state index contributed by atoms with van der Waals surface area (Å²) in [7, 11) is 0. The molecule has 26 heavy (non-hydrogen) atoms. The normalized spacial score (nSPS) is 19.0. The van der Waals surface area contributed by atoms with E-state index in [2.05, 4.69) is 10.3 Å². The van der Waals surface area contributed by atoms with Crippen molar-refractivity contribution >= 4 is 22.7 Å². The Morgan fingerprint density at radius 3 is 2.88 bits per heavy atom. The van der Waals surface area contributed by atoms with Crippen LogP contribution in [-0.2, 0) is 4.79 Å². The number of hydrogen-bond acceptors (Lipinski definition) is 5. The highest BCUT2D eigenvalue weighted by molar-refractivity contribution is 6.07. The van der Waals surface area contributed by atoms with Crippen LogP contribution in [0.25, 0.3) is 10.9 Å². The number of halogens is 1. The summed E-state index contributed by atoms with van der Waals surface area (Å²) in [6, 6.07) is 9.38. The molecule has 1 aliphatic rings. The molecule has 7 nitrogen and oxygen atoms in total. The monoisotopic (exact) mass is 351 g/mol. The molecule has 1 fully saturated rings. The smallest absolute Gasteiger partial charge is 0.252 e. The molecular formula is C18H14FN5O2. The molecule has 2 atom stereocenters. The Labute approximate surface area is 148 Å². The Bertz CT molecular complexity index is 962. The number of alkyl halides is 1. The summed E-state index contributed by atoms with van der Waals surface area (Å²) in [6.07, 6.45) is 0.213. The second-order valence-electron chi connectivity index (χ2n) is 5.91. The molecule has 0 spiro atoms. The lowest BCUT2D eigenvalue weighted by Gasteiger charge is -2.19. The Kier molecular flexibility index (Phi) is 4.76. The zero-order valence-electron chi connectivity index (χ0n) is 13.6. The third-order valence-electron chi connectivity index (χ3n) is 4.24. The lowest BCUT2D eigenvalue weighted by Crippen LogP contribution is -2.42. The molecular weight excluding hydrogens is 337 g/mol. The van der Waals surface area contributed by atoms with Crippen LogP contribution >= 0.6 is 0 Å². The van der Waals surface area contributed by atoms with Gasteiger partial charge in [0.15, 0.2) is 0 Å². The highest BCUT2D eigenvalue weighted by atomic mass is 19.1. The van der Waals surface area contributed by atoms with E-state index in [1.165, 1.54) is 12.3 Å². The molecule has 1 aromatic heterocycles. The van der Waals surface area contributed by atoms with Crippen LogP contribution in [0, 0.1) is 22.7 Å². The lowest BCUT2D eigenvalue weighted by molar-refractivity contribution is -0.130. The SMILES string of the molecule is N#Cc1ccc2c(C(=O)NCC(=O)N3CC(F)C[C@H]3C#N)ccnc2c1. The molecule has 1 aromatic carbocycles. The van der Waals surface area contributed by atoms with Crippen LogP contribution in [0.3, 0.4) is 0 Å². The number of rotatable bonds is 3.